The highest BCUT2D eigenvalue weighted by atomic mass is 19.1. The van der Waals surface area contributed by atoms with Gasteiger partial charge in [0.2, 0.25) is 0 Å². The Balaban J connectivity index is 2.15. The number of nitrogens with zero attached hydrogens (tertiary/aromatic N) is 1. The number of nitrogens with one attached hydrogen (secondary N) is 1. The lowest BCUT2D eigenvalue weighted by molar-refractivity contribution is -0.138. The van der Waals surface area contributed by atoms with Crippen molar-refractivity contribution in [1.82, 2.24) is 9.97 Å². The fourth-order valence-corrected chi connectivity index (χ4v) is 1.54. The molecule has 0 aliphatic heterocycles. The summed E-state index contributed by atoms with van der Waals surface area (Å²) in [4.78, 5) is 17.6. The molecule has 0 aliphatic rings. The van der Waals surface area contributed by atoms with Crippen molar-refractivity contribution >= 4 is 5.97 Å². The fourth-order valence-electron chi connectivity index (χ4n) is 1.54. The van der Waals surface area contributed by atoms with Crippen LogP contribution >= 0.6 is 0 Å². The van der Waals surface area contributed by atoms with Crippen LogP contribution in [0, 0.1) is 5.82 Å². The fraction of sp³-hybridized carbons (Fsp3) is 0.167. The van der Waals surface area contributed by atoms with Gasteiger partial charge in [0.1, 0.15) is 17.7 Å². The number of aromatic amines is 1. The third kappa shape index (κ3) is 2.72. The van der Waals surface area contributed by atoms with Crippen molar-refractivity contribution in [3.05, 3.63) is 42.1 Å². The van der Waals surface area contributed by atoms with Crippen LogP contribution in [0.2, 0.25) is 0 Å². The molecule has 2 aromatic rings. The minimum absolute atomic E-state index is 0.122. The second-order valence-electron chi connectivity index (χ2n) is 3.90. The van der Waals surface area contributed by atoms with E-state index in [1.165, 1.54) is 12.1 Å². The van der Waals surface area contributed by atoms with Crippen LogP contribution in [0.1, 0.15) is 5.82 Å². The lowest BCUT2D eigenvalue weighted by Gasteiger charge is -2.02. The Kier molecular flexibility index (Phi) is 3.38. The SMILES string of the molecule is NC(Cc1ncc(-c2ccc(F)cc2)[nH]1)C(=O)O. The van der Waals surface area contributed by atoms with Gasteiger partial charge < -0.3 is 15.8 Å². The first-order valence-electron chi connectivity index (χ1n) is 5.34. The van der Waals surface area contributed by atoms with E-state index in [-0.39, 0.29) is 12.2 Å². The smallest absolute Gasteiger partial charge is 0.320 e. The number of H-pyrrole nitrogens is 1. The van der Waals surface area contributed by atoms with Gasteiger partial charge in [-0.15, -0.1) is 0 Å². The Morgan fingerprint density at radius 2 is 2.11 bits per heavy atom. The van der Waals surface area contributed by atoms with Crippen molar-refractivity contribution in [3.8, 4) is 11.3 Å². The van der Waals surface area contributed by atoms with E-state index in [9.17, 15) is 9.18 Å². The standard InChI is InChI=1S/C12H12FN3O2/c13-8-3-1-7(2-4-8)10-6-15-11(16-10)5-9(14)12(17)18/h1-4,6,9H,5,14H2,(H,15,16)(H,17,18). The highest BCUT2D eigenvalue weighted by Gasteiger charge is 2.14. The number of rotatable bonds is 4. The normalized spacial score (nSPS) is 12.3. The molecule has 0 fully saturated rings. The molecule has 0 saturated carbocycles. The zero-order valence-electron chi connectivity index (χ0n) is 9.43. The summed E-state index contributed by atoms with van der Waals surface area (Å²) >= 11 is 0. The third-order valence-electron chi connectivity index (χ3n) is 2.51. The molecule has 5 nitrogen and oxygen atoms in total. The molecule has 0 radical (unpaired) electrons. The molecule has 1 unspecified atom stereocenters. The van der Waals surface area contributed by atoms with Crippen LogP contribution in [-0.2, 0) is 11.2 Å². The maximum Gasteiger partial charge on any atom is 0.320 e. The Hall–Kier alpha value is -2.21. The van der Waals surface area contributed by atoms with E-state index in [0.717, 1.165) is 5.56 Å². The topological polar surface area (TPSA) is 92.0 Å². The molecule has 0 spiro atoms. The van der Waals surface area contributed by atoms with Gasteiger partial charge >= 0.3 is 5.97 Å². The van der Waals surface area contributed by atoms with Gasteiger partial charge in [-0.1, -0.05) is 0 Å². The Bertz CT molecular complexity index is 551. The molecule has 1 aromatic carbocycles. The Labute approximate surface area is 102 Å². The van der Waals surface area contributed by atoms with Gasteiger partial charge in [0.25, 0.3) is 0 Å². The van der Waals surface area contributed by atoms with Crippen LogP contribution in [-0.4, -0.2) is 27.1 Å². The molecule has 94 valence electrons. The average Bonchev–Trinajstić information content (AvgIpc) is 2.78. The highest BCUT2D eigenvalue weighted by Crippen LogP contribution is 2.17. The Morgan fingerprint density at radius 3 is 2.72 bits per heavy atom. The van der Waals surface area contributed by atoms with Gasteiger partial charge in [0.05, 0.1) is 11.9 Å². The van der Waals surface area contributed by atoms with Crippen LogP contribution in [0.25, 0.3) is 11.3 Å². The summed E-state index contributed by atoms with van der Waals surface area (Å²) in [5.74, 6) is -0.898. The van der Waals surface area contributed by atoms with Gasteiger partial charge in [-0.05, 0) is 29.8 Å². The van der Waals surface area contributed by atoms with Crippen LogP contribution < -0.4 is 5.73 Å². The van der Waals surface area contributed by atoms with E-state index in [1.54, 1.807) is 18.3 Å². The van der Waals surface area contributed by atoms with Crippen LogP contribution in [0.3, 0.4) is 0 Å². The molecule has 2 rings (SSSR count). The van der Waals surface area contributed by atoms with Crippen molar-refractivity contribution in [2.24, 2.45) is 5.73 Å². The van der Waals surface area contributed by atoms with Gasteiger partial charge in [-0.25, -0.2) is 9.37 Å². The number of aliphatic carboxylic acids is 1. The summed E-state index contributed by atoms with van der Waals surface area (Å²) in [6.45, 7) is 0. The quantitative estimate of drug-likeness (QED) is 0.758. The number of nitrogens with two attached hydrogens (primary N) is 1. The average molecular weight is 249 g/mol. The maximum atomic E-state index is 12.8. The maximum absolute atomic E-state index is 12.8. The van der Waals surface area contributed by atoms with Crippen molar-refractivity contribution in [1.29, 1.82) is 0 Å². The molecular formula is C12H12FN3O2. The number of benzene rings is 1. The van der Waals surface area contributed by atoms with Gasteiger partial charge in [-0.2, -0.15) is 0 Å². The molecule has 0 saturated heterocycles. The van der Waals surface area contributed by atoms with Crippen molar-refractivity contribution in [3.63, 3.8) is 0 Å². The number of halogens is 1. The van der Waals surface area contributed by atoms with Crippen molar-refractivity contribution in [2.75, 3.05) is 0 Å². The summed E-state index contributed by atoms with van der Waals surface area (Å²) in [7, 11) is 0. The number of hydrogen-bond acceptors (Lipinski definition) is 3. The summed E-state index contributed by atoms with van der Waals surface area (Å²) in [6, 6.07) is 4.93. The van der Waals surface area contributed by atoms with Crippen LogP contribution in [0.15, 0.2) is 30.5 Å². The molecular weight excluding hydrogens is 237 g/mol. The van der Waals surface area contributed by atoms with Crippen LogP contribution in [0.5, 0.6) is 0 Å². The molecule has 0 bridgehead atoms. The monoisotopic (exact) mass is 249 g/mol. The van der Waals surface area contributed by atoms with E-state index in [4.69, 9.17) is 10.8 Å². The third-order valence-corrected chi connectivity index (χ3v) is 2.51. The summed E-state index contributed by atoms with van der Waals surface area (Å²) in [6.07, 6.45) is 1.69. The minimum Gasteiger partial charge on any atom is -0.480 e. The predicted octanol–water partition coefficient (Wildman–Crippen LogP) is 1.17. The second kappa shape index (κ2) is 4.97. The summed E-state index contributed by atoms with van der Waals surface area (Å²) < 4.78 is 12.8. The number of hydrogen-bond donors (Lipinski definition) is 3. The minimum atomic E-state index is -1.07. The zero-order chi connectivity index (χ0) is 13.1. The van der Waals surface area contributed by atoms with E-state index >= 15 is 0 Å². The Morgan fingerprint density at radius 1 is 1.44 bits per heavy atom. The second-order valence-corrected chi connectivity index (χ2v) is 3.90. The lowest BCUT2D eigenvalue weighted by Crippen LogP contribution is -2.32. The van der Waals surface area contributed by atoms with Crippen molar-refractivity contribution < 1.29 is 14.3 Å². The van der Waals surface area contributed by atoms with Crippen molar-refractivity contribution in [2.45, 2.75) is 12.5 Å². The summed E-state index contributed by atoms with van der Waals surface area (Å²) in [5, 5.41) is 8.69. The van der Waals surface area contributed by atoms with E-state index in [1.807, 2.05) is 0 Å². The summed E-state index contributed by atoms with van der Waals surface area (Å²) in [5.41, 5.74) is 6.88. The molecule has 4 N–H and O–H groups in total. The number of carboxylic acids is 1. The number of carbonyl (C=O) groups is 1. The molecule has 6 heteroatoms. The highest BCUT2D eigenvalue weighted by molar-refractivity contribution is 5.73. The first-order chi connectivity index (χ1) is 8.56. The zero-order valence-corrected chi connectivity index (χ0v) is 9.43. The molecule has 1 heterocycles. The van der Waals surface area contributed by atoms with Gasteiger partial charge in [0.15, 0.2) is 0 Å². The van der Waals surface area contributed by atoms with E-state index in [2.05, 4.69) is 9.97 Å². The molecule has 0 amide bonds. The number of aromatic nitrogens is 2. The van der Waals surface area contributed by atoms with E-state index in [0.29, 0.717) is 11.5 Å². The molecule has 18 heavy (non-hydrogen) atoms. The van der Waals surface area contributed by atoms with Gasteiger partial charge in [-0.3, -0.25) is 4.79 Å². The largest absolute Gasteiger partial charge is 0.480 e. The van der Waals surface area contributed by atoms with Crippen LogP contribution in [0.4, 0.5) is 4.39 Å². The number of imidazole rings is 1. The first-order valence-corrected chi connectivity index (χ1v) is 5.34. The molecule has 1 atom stereocenters. The lowest BCUT2D eigenvalue weighted by atomic mass is 10.2. The van der Waals surface area contributed by atoms with E-state index < -0.39 is 12.0 Å². The molecule has 1 aromatic heterocycles. The predicted molar refractivity (Wildman–Crippen MR) is 63.3 cm³/mol. The first kappa shape index (κ1) is 12.3. The number of carboxylic acid groups (broad SMARTS) is 1. The van der Waals surface area contributed by atoms with Gasteiger partial charge in [0, 0.05) is 6.42 Å². The molecule has 0 aliphatic carbocycles.